The van der Waals surface area contributed by atoms with Crippen LogP contribution in [0.25, 0.3) is 0 Å². The Balaban J connectivity index is 1.58. The lowest BCUT2D eigenvalue weighted by Gasteiger charge is -2.09. The zero-order chi connectivity index (χ0) is 20.8. The predicted octanol–water partition coefficient (Wildman–Crippen LogP) is 3.70. The molecule has 1 aromatic carbocycles. The topological polar surface area (TPSA) is 111 Å². The molecule has 3 N–H and O–H groups in total. The third kappa shape index (κ3) is 5.66. The summed E-state index contributed by atoms with van der Waals surface area (Å²) in [5.41, 5.74) is 7.62. The van der Waals surface area contributed by atoms with Crippen LogP contribution in [0.4, 0.5) is 5.00 Å². The lowest BCUT2D eigenvalue weighted by molar-refractivity contribution is -0.119. The summed E-state index contributed by atoms with van der Waals surface area (Å²) in [5, 5.41) is 6.47. The van der Waals surface area contributed by atoms with Crippen molar-refractivity contribution in [3.63, 3.8) is 0 Å². The van der Waals surface area contributed by atoms with Crippen LogP contribution in [0.1, 0.15) is 32.0 Å². The molecule has 2 aromatic heterocycles. The number of hydrogen-bond donors (Lipinski definition) is 2. The van der Waals surface area contributed by atoms with Crippen LogP contribution in [0.2, 0.25) is 0 Å². The highest BCUT2D eigenvalue weighted by Crippen LogP contribution is 2.27. The average molecular weight is 448 g/mol. The Labute approximate surface area is 179 Å². The van der Waals surface area contributed by atoms with Crippen molar-refractivity contribution < 1.29 is 19.1 Å². The molecule has 0 aliphatic rings. The number of thioether (sulfide) groups is 1. The molecule has 7 nitrogen and oxygen atoms in total. The number of aryl methyl sites for hydroxylation is 1. The normalized spacial score (nSPS) is 10.5. The summed E-state index contributed by atoms with van der Waals surface area (Å²) < 4.78 is 6.07. The largest absolute Gasteiger partial charge is 0.452 e. The zero-order valence-electron chi connectivity index (χ0n) is 15.3. The number of nitrogens with two attached hydrogens (primary N) is 1. The quantitative estimate of drug-likeness (QED) is 0.402. The van der Waals surface area contributed by atoms with Crippen LogP contribution in [0.3, 0.4) is 0 Å². The molecule has 0 bridgehead atoms. The Kier molecular flexibility index (Phi) is 7.02. The van der Waals surface area contributed by atoms with Crippen molar-refractivity contribution in [3.05, 3.63) is 63.5 Å². The Bertz CT molecular complexity index is 1040. The molecule has 0 atom stereocenters. The van der Waals surface area contributed by atoms with E-state index >= 15 is 0 Å². The third-order valence-electron chi connectivity index (χ3n) is 3.70. The van der Waals surface area contributed by atoms with E-state index in [4.69, 9.17) is 10.5 Å². The van der Waals surface area contributed by atoms with Gasteiger partial charge in [-0.05, 0) is 30.0 Å². The smallest absolute Gasteiger partial charge is 0.338 e. The monoisotopic (exact) mass is 447 g/mol. The van der Waals surface area contributed by atoms with Crippen LogP contribution >= 0.6 is 34.4 Å². The molecule has 0 spiro atoms. The van der Waals surface area contributed by atoms with Gasteiger partial charge < -0.3 is 15.8 Å². The van der Waals surface area contributed by atoms with Crippen molar-refractivity contribution in [2.24, 2.45) is 5.73 Å². The number of amides is 2. The molecule has 0 aliphatic heterocycles. The molecule has 2 heterocycles. The van der Waals surface area contributed by atoms with Gasteiger partial charge in [0.25, 0.3) is 11.8 Å². The van der Waals surface area contributed by atoms with Crippen molar-refractivity contribution in [3.8, 4) is 0 Å². The molecule has 0 radical (unpaired) electrons. The SMILES string of the molecule is Cc1csc(SCc2ccccc2C(=O)OCC(=O)Nc2sccc2C(N)=O)n1. The van der Waals surface area contributed by atoms with E-state index < -0.39 is 24.4 Å². The first kappa shape index (κ1) is 21.0. The molecular weight excluding hydrogens is 430 g/mol. The minimum atomic E-state index is -0.639. The van der Waals surface area contributed by atoms with Gasteiger partial charge in [0, 0.05) is 16.8 Å². The number of nitrogens with one attached hydrogen (secondary N) is 1. The predicted molar refractivity (Wildman–Crippen MR) is 115 cm³/mol. The van der Waals surface area contributed by atoms with E-state index in [0.717, 1.165) is 26.9 Å². The third-order valence-corrected chi connectivity index (χ3v) is 6.72. The highest BCUT2D eigenvalue weighted by atomic mass is 32.2. The number of carbonyl (C=O) groups excluding carboxylic acids is 3. The fraction of sp³-hybridized carbons (Fsp3) is 0.158. The number of benzene rings is 1. The first-order valence-corrected chi connectivity index (χ1v) is 11.2. The molecule has 3 rings (SSSR count). The van der Waals surface area contributed by atoms with Crippen molar-refractivity contribution in [1.82, 2.24) is 4.98 Å². The minimum absolute atomic E-state index is 0.217. The summed E-state index contributed by atoms with van der Waals surface area (Å²) in [6, 6.07) is 8.60. The van der Waals surface area contributed by atoms with Crippen LogP contribution < -0.4 is 11.1 Å². The number of carbonyl (C=O) groups is 3. The van der Waals surface area contributed by atoms with Gasteiger partial charge in [-0.1, -0.05) is 30.0 Å². The van der Waals surface area contributed by atoms with Crippen molar-refractivity contribution in [2.45, 2.75) is 17.0 Å². The molecule has 0 aliphatic carbocycles. The molecule has 29 heavy (non-hydrogen) atoms. The van der Waals surface area contributed by atoms with E-state index in [9.17, 15) is 14.4 Å². The van der Waals surface area contributed by atoms with Gasteiger partial charge >= 0.3 is 5.97 Å². The maximum absolute atomic E-state index is 12.5. The average Bonchev–Trinajstić information content (AvgIpc) is 3.33. The summed E-state index contributed by atoms with van der Waals surface area (Å²) in [4.78, 5) is 40.2. The Morgan fingerprint density at radius 3 is 2.69 bits per heavy atom. The van der Waals surface area contributed by atoms with Gasteiger partial charge in [-0.2, -0.15) is 0 Å². The maximum atomic E-state index is 12.5. The van der Waals surface area contributed by atoms with Gasteiger partial charge in [0.1, 0.15) is 9.34 Å². The number of primary amides is 1. The van der Waals surface area contributed by atoms with Gasteiger partial charge in [0.05, 0.1) is 11.1 Å². The lowest BCUT2D eigenvalue weighted by atomic mass is 10.1. The first-order valence-electron chi connectivity index (χ1n) is 8.41. The van der Waals surface area contributed by atoms with Gasteiger partial charge in [0.2, 0.25) is 0 Å². The van der Waals surface area contributed by atoms with E-state index in [1.807, 2.05) is 24.4 Å². The van der Waals surface area contributed by atoms with Crippen LogP contribution in [0, 0.1) is 6.92 Å². The summed E-state index contributed by atoms with van der Waals surface area (Å²) in [6.45, 7) is 1.46. The van der Waals surface area contributed by atoms with Crippen LogP contribution in [-0.2, 0) is 15.3 Å². The lowest BCUT2D eigenvalue weighted by Crippen LogP contribution is -2.22. The Hall–Kier alpha value is -2.69. The van der Waals surface area contributed by atoms with Crippen molar-refractivity contribution >= 4 is 57.2 Å². The number of aromatic nitrogens is 1. The van der Waals surface area contributed by atoms with Crippen LogP contribution in [-0.4, -0.2) is 29.4 Å². The number of esters is 1. The maximum Gasteiger partial charge on any atom is 0.338 e. The number of thiazole rings is 1. The minimum Gasteiger partial charge on any atom is -0.452 e. The molecule has 0 fully saturated rings. The second kappa shape index (κ2) is 9.68. The highest BCUT2D eigenvalue weighted by molar-refractivity contribution is 8.00. The molecule has 2 amide bonds. The molecule has 0 saturated carbocycles. The fourth-order valence-electron chi connectivity index (χ4n) is 2.36. The number of thiophene rings is 1. The second-order valence-electron chi connectivity index (χ2n) is 5.85. The molecule has 0 saturated heterocycles. The number of ether oxygens (including phenoxy) is 1. The molecule has 0 unspecified atom stereocenters. The summed E-state index contributed by atoms with van der Waals surface area (Å²) in [5.74, 6) is -1.22. The van der Waals surface area contributed by atoms with Gasteiger partial charge in [-0.15, -0.1) is 22.7 Å². The van der Waals surface area contributed by atoms with E-state index in [1.165, 1.54) is 17.8 Å². The number of rotatable bonds is 8. The van der Waals surface area contributed by atoms with Crippen LogP contribution in [0.15, 0.2) is 45.4 Å². The van der Waals surface area contributed by atoms with Gasteiger partial charge in [-0.3, -0.25) is 9.59 Å². The van der Waals surface area contributed by atoms with E-state index in [1.54, 1.807) is 28.8 Å². The molecule has 3 aromatic rings. The number of anilines is 1. The van der Waals surface area contributed by atoms with E-state index in [2.05, 4.69) is 10.3 Å². The number of hydrogen-bond acceptors (Lipinski definition) is 8. The summed E-state index contributed by atoms with van der Waals surface area (Å²) >= 11 is 4.25. The van der Waals surface area contributed by atoms with Gasteiger partial charge in [0.15, 0.2) is 6.61 Å². The molecule has 150 valence electrons. The second-order valence-corrected chi connectivity index (χ2v) is 8.85. The molecular formula is C19H17N3O4S3. The molecule has 10 heteroatoms. The van der Waals surface area contributed by atoms with Crippen molar-refractivity contribution in [2.75, 3.05) is 11.9 Å². The standard InChI is InChI=1S/C19H17N3O4S3/c1-11-9-28-19(21-11)29-10-12-4-2-3-5-13(12)18(25)26-8-15(23)22-17-14(16(20)24)6-7-27-17/h2-7,9H,8,10H2,1H3,(H2,20,24)(H,22,23). The summed E-state index contributed by atoms with van der Waals surface area (Å²) in [7, 11) is 0. The highest BCUT2D eigenvalue weighted by Gasteiger charge is 2.17. The fourth-order valence-corrected chi connectivity index (χ4v) is 5.02. The first-order chi connectivity index (χ1) is 13.9. The number of nitrogens with zero attached hydrogens (tertiary/aromatic N) is 1. The van der Waals surface area contributed by atoms with E-state index in [0.29, 0.717) is 16.3 Å². The van der Waals surface area contributed by atoms with Crippen LogP contribution in [0.5, 0.6) is 0 Å². The van der Waals surface area contributed by atoms with Gasteiger partial charge in [-0.25, -0.2) is 9.78 Å². The summed E-state index contributed by atoms with van der Waals surface area (Å²) in [6.07, 6.45) is 0. The van der Waals surface area contributed by atoms with Crippen molar-refractivity contribution in [1.29, 1.82) is 0 Å². The van der Waals surface area contributed by atoms with E-state index in [-0.39, 0.29) is 5.56 Å². The Morgan fingerprint density at radius 1 is 1.17 bits per heavy atom. The Morgan fingerprint density at radius 2 is 1.97 bits per heavy atom. The zero-order valence-corrected chi connectivity index (χ0v) is 17.8.